The molecule has 9 heteroatoms. The maximum absolute atomic E-state index is 14.5. The molecular weight excluding hydrogens is 525 g/mol. The van der Waals surface area contributed by atoms with Gasteiger partial charge in [-0.15, -0.1) is 0 Å². The first kappa shape index (κ1) is 31.2. The fourth-order valence-electron chi connectivity index (χ4n) is 4.98. The van der Waals surface area contributed by atoms with E-state index in [0.29, 0.717) is 42.3 Å². The summed E-state index contributed by atoms with van der Waals surface area (Å²) in [7, 11) is 1.45. The summed E-state index contributed by atoms with van der Waals surface area (Å²) in [6.45, 7) is 9.33. The van der Waals surface area contributed by atoms with Crippen LogP contribution in [-0.4, -0.2) is 22.9 Å². The van der Waals surface area contributed by atoms with Crippen LogP contribution in [-0.2, 0) is 30.5 Å². The van der Waals surface area contributed by atoms with E-state index in [1.165, 1.54) is 24.1 Å². The molecule has 1 aliphatic rings. The molecule has 3 aromatic rings. The monoisotopic (exact) mass is 561 g/mol. The van der Waals surface area contributed by atoms with Gasteiger partial charge < -0.3 is 0 Å². The summed E-state index contributed by atoms with van der Waals surface area (Å²) in [5, 5.41) is 0. The molecule has 4 rings (SSSR count). The number of hydrogen-bond acceptors (Lipinski definition) is 3. The molecule has 0 fully saturated rings. The molecule has 0 spiro atoms. The number of likely N-dealkylation sites (N-methyl/N-ethyl adjacent to an activating group) is 1. The quantitative estimate of drug-likeness (QED) is 0.160. The predicted molar refractivity (Wildman–Crippen MR) is 147 cm³/mol. The molecule has 0 aliphatic heterocycles. The summed E-state index contributed by atoms with van der Waals surface area (Å²) in [5.74, 6) is -7.29. The van der Waals surface area contributed by atoms with Gasteiger partial charge in [-0.05, 0) is 67.9 Å². The molecule has 0 radical (unpaired) electrons. The van der Waals surface area contributed by atoms with Crippen LogP contribution in [0.5, 0.6) is 0 Å². The lowest BCUT2D eigenvalue weighted by Crippen LogP contribution is -2.31. The van der Waals surface area contributed by atoms with Crippen molar-refractivity contribution < 1.29 is 26.7 Å². The Labute approximate surface area is 232 Å². The molecule has 1 unspecified atom stereocenters. The number of hydrogen-bond donors (Lipinski definition) is 0. The van der Waals surface area contributed by atoms with E-state index >= 15 is 0 Å². The second-order valence-electron chi connectivity index (χ2n) is 10.0. The minimum Gasteiger partial charge on any atom is -0.298 e. The van der Waals surface area contributed by atoms with Crippen LogP contribution in [0.1, 0.15) is 75.0 Å². The fourth-order valence-corrected chi connectivity index (χ4v) is 4.98. The Morgan fingerprint density at radius 2 is 1.65 bits per heavy atom. The van der Waals surface area contributed by atoms with Crippen molar-refractivity contribution in [1.82, 2.24) is 9.97 Å². The number of fused-ring (bicyclic) bond motifs is 3. The number of carbonyl (C=O) groups excluding carboxylic acids is 1. The van der Waals surface area contributed by atoms with Gasteiger partial charge in [-0.25, -0.2) is 31.9 Å². The van der Waals surface area contributed by atoms with Crippen molar-refractivity contribution in [3.8, 4) is 11.3 Å². The summed E-state index contributed by atoms with van der Waals surface area (Å²) in [4.78, 5) is 24.1. The van der Waals surface area contributed by atoms with Gasteiger partial charge in [0, 0.05) is 18.2 Å². The number of aromatic nitrogens is 2. The average Bonchev–Trinajstić information content (AvgIpc) is 2.96. The summed E-state index contributed by atoms with van der Waals surface area (Å²) in [5.41, 5.74) is 2.45. The lowest BCUT2D eigenvalue weighted by atomic mass is 9.91. The molecule has 1 amide bonds. The highest BCUT2D eigenvalue weighted by atomic mass is 19.2. The zero-order chi connectivity index (χ0) is 29.7. The van der Waals surface area contributed by atoms with Crippen LogP contribution in [0.4, 0.5) is 27.8 Å². The minimum absolute atomic E-state index is 0.282. The van der Waals surface area contributed by atoms with Gasteiger partial charge in [-0.3, -0.25) is 9.69 Å². The molecule has 1 aliphatic carbocycles. The number of halogens is 5. The largest absolute Gasteiger partial charge is 0.298 e. The van der Waals surface area contributed by atoms with E-state index in [-0.39, 0.29) is 11.6 Å². The van der Waals surface area contributed by atoms with Crippen LogP contribution in [0, 0.1) is 41.9 Å². The zero-order valence-corrected chi connectivity index (χ0v) is 23.9. The summed E-state index contributed by atoms with van der Waals surface area (Å²) < 4.78 is 69.9. The molecule has 1 aromatic heterocycles. The molecular formula is C31H36F5N3O. The minimum atomic E-state index is -1.95. The molecule has 0 saturated carbocycles. The number of rotatable bonds is 8. The molecule has 0 bridgehead atoms. The van der Waals surface area contributed by atoms with Crippen LogP contribution in [0.15, 0.2) is 18.2 Å². The van der Waals surface area contributed by atoms with Crippen molar-refractivity contribution in [2.24, 2.45) is 5.92 Å². The van der Waals surface area contributed by atoms with Gasteiger partial charge in [0.25, 0.3) is 0 Å². The number of benzene rings is 2. The van der Waals surface area contributed by atoms with Crippen molar-refractivity contribution >= 4 is 11.7 Å². The van der Waals surface area contributed by atoms with Crippen LogP contribution >= 0.6 is 0 Å². The number of nitrogens with zero attached hydrogens (tertiary/aromatic N) is 3. The van der Waals surface area contributed by atoms with Gasteiger partial charge >= 0.3 is 0 Å². The highest BCUT2D eigenvalue weighted by molar-refractivity contribution is 5.94. The number of amides is 1. The molecule has 4 nitrogen and oxygen atoms in total. The number of carbonyl (C=O) groups is 1. The Balaban J connectivity index is 0.00000216. The van der Waals surface area contributed by atoms with E-state index < -0.39 is 46.7 Å². The summed E-state index contributed by atoms with van der Waals surface area (Å²) in [6.07, 6.45) is 3.70. The van der Waals surface area contributed by atoms with E-state index in [0.717, 1.165) is 37.3 Å². The van der Waals surface area contributed by atoms with Gasteiger partial charge in [0.2, 0.25) is 5.91 Å². The smallest absolute Gasteiger partial charge is 0.232 e. The second-order valence-corrected chi connectivity index (χ2v) is 10.0. The Morgan fingerprint density at radius 3 is 2.33 bits per heavy atom. The third-order valence-corrected chi connectivity index (χ3v) is 7.27. The third-order valence-electron chi connectivity index (χ3n) is 7.27. The van der Waals surface area contributed by atoms with E-state index in [1.807, 2.05) is 13.8 Å². The van der Waals surface area contributed by atoms with Crippen molar-refractivity contribution in [2.75, 3.05) is 11.9 Å². The van der Waals surface area contributed by atoms with Gasteiger partial charge in [0.15, 0.2) is 29.1 Å². The summed E-state index contributed by atoms with van der Waals surface area (Å²) >= 11 is 0. The molecule has 216 valence electrons. The van der Waals surface area contributed by atoms with Gasteiger partial charge in [-0.2, -0.15) is 0 Å². The first-order valence-corrected chi connectivity index (χ1v) is 13.8. The Morgan fingerprint density at radius 1 is 0.975 bits per heavy atom. The summed E-state index contributed by atoms with van der Waals surface area (Å²) in [6, 6.07) is 4.54. The van der Waals surface area contributed by atoms with Crippen molar-refractivity contribution in [3.05, 3.63) is 75.4 Å². The van der Waals surface area contributed by atoms with Crippen LogP contribution in [0.25, 0.3) is 11.3 Å². The van der Waals surface area contributed by atoms with Crippen molar-refractivity contribution in [3.63, 3.8) is 0 Å². The van der Waals surface area contributed by atoms with Crippen LogP contribution in [0.3, 0.4) is 0 Å². The number of anilines is 1. The lowest BCUT2D eigenvalue weighted by molar-refractivity contribution is -0.117. The number of aryl methyl sites for hydroxylation is 3. The van der Waals surface area contributed by atoms with Crippen LogP contribution < -0.4 is 4.90 Å². The highest BCUT2D eigenvalue weighted by Gasteiger charge is 2.28. The zero-order valence-electron chi connectivity index (χ0n) is 23.9. The Bertz CT molecular complexity index is 1360. The van der Waals surface area contributed by atoms with E-state index in [2.05, 4.69) is 13.8 Å². The first-order chi connectivity index (χ1) is 19.0. The molecule has 40 heavy (non-hydrogen) atoms. The second kappa shape index (κ2) is 13.3. The van der Waals surface area contributed by atoms with Crippen molar-refractivity contribution in [1.29, 1.82) is 0 Å². The van der Waals surface area contributed by atoms with E-state index in [9.17, 15) is 26.7 Å². The lowest BCUT2D eigenvalue weighted by Gasteiger charge is -2.25. The predicted octanol–water partition coefficient (Wildman–Crippen LogP) is 7.85. The van der Waals surface area contributed by atoms with Gasteiger partial charge in [-0.1, -0.05) is 40.5 Å². The molecule has 0 saturated heterocycles. The molecule has 0 N–H and O–H groups in total. The topological polar surface area (TPSA) is 46.1 Å². The Hall–Kier alpha value is -3.36. The SMILES string of the molecule is CC.CCCC(C)CCc1nc2c(nc1N(C)C(=O)Cc1c(C)c(F)c(F)c(F)c1F)CCc1cc(F)ccc1-2. The van der Waals surface area contributed by atoms with Gasteiger partial charge in [0.05, 0.1) is 23.5 Å². The van der Waals surface area contributed by atoms with Gasteiger partial charge in [0.1, 0.15) is 5.82 Å². The standard InChI is InChI=1S/C29H30F5N3O.C2H6/c1-5-6-15(2)7-11-22-29(36-21-12-8-17-13-18(30)9-10-19(17)28(21)35-22)37(4)23(38)14-20-16(3)24(31)26(33)27(34)25(20)32;1-2/h9-10,13,15H,5-8,11-12,14H2,1-4H3;1-2H3. The molecule has 2 aromatic carbocycles. The third kappa shape index (κ3) is 6.34. The average molecular weight is 562 g/mol. The highest BCUT2D eigenvalue weighted by Crippen LogP contribution is 2.35. The molecule has 1 atom stereocenters. The fraction of sp³-hybridized carbons (Fsp3) is 0.452. The normalized spacial score (nSPS) is 12.7. The first-order valence-electron chi connectivity index (χ1n) is 13.8. The van der Waals surface area contributed by atoms with Crippen molar-refractivity contribution in [2.45, 2.75) is 79.6 Å². The van der Waals surface area contributed by atoms with E-state index in [1.54, 1.807) is 6.07 Å². The maximum Gasteiger partial charge on any atom is 0.232 e. The Kier molecular flexibility index (Phi) is 10.4. The molecule has 1 heterocycles. The van der Waals surface area contributed by atoms with Crippen LogP contribution in [0.2, 0.25) is 0 Å². The maximum atomic E-state index is 14.5. The van der Waals surface area contributed by atoms with E-state index in [4.69, 9.17) is 9.97 Å².